The second-order valence-corrected chi connectivity index (χ2v) is 6.62. The molecule has 0 heterocycles. The molecule has 1 atom stereocenters. The molecule has 0 aliphatic heterocycles. The third kappa shape index (κ3) is 8.23. The van der Waals surface area contributed by atoms with Gasteiger partial charge in [-0.3, -0.25) is 9.59 Å². The average Bonchev–Trinajstić information content (AvgIpc) is 2.52. The van der Waals surface area contributed by atoms with E-state index < -0.39 is 0 Å². The molecule has 1 aromatic carbocycles. The van der Waals surface area contributed by atoms with Crippen LogP contribution in [-0.2, 0) is 4.79 Å². The van der Waals surface area contributed by atoms with Gasteiger partial charge in [-0.1, -0.05) is 52.0 Å². The summed E-state index contributed by atoms with van der Waals surface area (Å²) in [4.78, 5) is 21.7. The van der Waals surface area contributed by atoms with Crippen molar-refractivity contribution in [3.63, 3.8) is 0 Å². The van der Waals surface area contributed by atoms with Gasteiger partial charge in [0, 0.05) is 17.9 Å². The van der Waals surface area contributed by atoms with Crippen LogP contribution in [0.15, 0.2) is 24.3 Å². The smallest absolute Gasteiger partial charge is 0.220 e. The lowest BCUT2D eigenvalue weighted by Crippen LogP contribution is -2.20. The molecule has 0 aromatic heterocycles. The van der Waals surface area contributed by atoms with Crippen LogP contribution < -0.4 is 5.73 Å². The number of carbonyl (C=O) groups excluding carboxylic acids is 2. The van der Waals surface area contributed by atoms with Gasteiger partial charge < -0.3 is 5.73 Å². The van der Waals surface area contributed by atoms with Crippen molar-refractivity contribution in [1.82, 2.24) is 0 Å². The summed E-state index contributed by atoms with van der Waals surface area (Å²) in [6, 6.07) is 7.91. The SMILES string of the molecule is CCC(=O)c1ccc(C(C)C)cc1.CSCCC(C)C(N)=O. The van der Waals surface area contributed by atoms with E-state index in [0.717, 1.165) is 17.7 Å². The maximum atomic E-state index is 11.3. The number of ketones is 1. The molecule has 0 saturated carbocycles. The molecule has 0 radical (unpaired) electrons. The van der Waals surface area contributed by atoms with Crippen molar-refractivity contribution in [1.29, 1.82) is 0 Å². The number of hydrogen-bond acceptors (Lipinski definition) is 3. The highest BCUT2D eigenvalue weighted by atomic mass is 32.2. The van der Waals surface area contributed by atoms with Crippen molar-refractivity contribution in [3.05, 3.63) is 35.4 Å². The van der Waals surface area contributed by atoms with Crippen molar-refractivity contribution >= 4 is 23.5 Å². The van der Waals surface area contributed by atoms with Gasteiger partial charge in [0.2, 0.25) is 5.91 Å². The van der Waals surface area contributed by atoms with Crippen molar-refractivity contribution in [2.75, 3.05) is 12.0 Å². The lowest BCUT2D eigenvalue weighted by molar-refractivity contribution is -0.121. The van der Waals surface area contributed by atoms with E-state index in [1.54, 1.807) is 11.8 Å². The molecule has 0 spiro atoms. The van der Waals surface area contributed by atoms with Gasteiger partial charge in [-0.25, -0.2) is 0 Å². The Labute approximate surface area is 139 Å². The van der Waals surface area contributed by atoms with E-state index in [4.69, 9.17) is 5.73 Å². The molecule has 0 fully saturated rings. The summed E-state index contributed by atoms with van der Waals surface area (Å²) in [5.41, 5.74) is 7.14. The summed E-state index contributed by atoms with van der Waals surface area (Å²) >= 11 is 1.74. The maximum absolute atomic E-state index is 11.3. The van der Waals surface area contributed by atoms with Crippen molar-refractivity contribution in [3.8, 4) is 0 Å². The molecular formula is C18H29NO2S. The van der Waals surface area contributed by atoms with E-state index in [1.165, 1.54) is 5.56 Å². The molecule has 1 rings (SSSR count). The van der Waals surface area contributed by atoms with Crippen LogP contribution in [0.5, 0.6) is 0 Å². The van der Waals surface area contributed by atoms with Crippen LogP contribution in [-0.4, -0.2) is 23.7 Å². The summed E-state index contributed by atoms with van der Waals surface area (Å²) in [7, 11) is 0. The Morgan fingerprint density at radius 3 is 2.05 bits per heavy atom. The fourth-order valence-corrected chi connectivity index (χ4v) is 2.28. The van der Waals surface area contributed by atoms with Gasteiger partial charge in [-0.15, -0.1) is 0 Å². The summed E-state index contributed by atoms with van der Waals surface area (Å²) in [5.74, 6) is 1.62. The first-order valence-corrected chi connectivity index (χ1v) is 9.14. The summed E-state index contributed by atoms with van der Waals surface area (Å²) < 4.78 is 0. The predicted molar refractivity (Wildman–Crippen MR) is 96.5 cm³/mol. The minimum atomic E-state index is -0.191. The number of benzene rings is 1. The van der Waals surface area contributed by atoms with Gasteiger partial charge in [0.15, 0.2) is 5.78 Å². The highest BCUT2D eigenvalue weighted by molar-refractivity contribution is 7.98. The number of Topliss-reactive ketones (excluding diaryl/α,β-unsaturated/α-hetero) is 1. The van der Waals surface area contributed by atoms with Gasteiger partial charge in [-0.2, -0.15) is 11.8 Å². The molecule has 2 N–H and O–H groups in total. The van der Waals surface area contributed by atoms with Crippen molar-refractivity contribution < 1.29 is 9.59 Å². The monoisotopic (exact) mass is 323 g/mol. The number of amides is 1. The topological polar surface area (TPSA) is 60.2 Å². The molecule has 0 bridgehead atoms. The Morgan fingerprint density at radius 1 is 1.14 bits per heavy atom. The number of nitrogens with two attached hydrogens (primary N) is 1. The lowest BCUT2D eigenvalue weighted by Gasteiger charge is -2.05. The van der Waals surface area contributed by atoms with Crippen LogP contribution >= 0.6 is 11.8 Å². The quantitative estimate of drug-likeness (QED) is 0.763. The van der Waals surface area contributed by atoms with Gasteiger partial charge in [0.05, 0.1) is 0 Å². The zero-order chi connectivity index (χ0) is 17.1. The fourth-order valence-electron chi connectivity index (χ4n) is 1.69. The van der Waals surface area contributed by atoms with Gasteiger partial charge in [0.1, 0.15) is 0 Å². The van der Waals surface area contributed by atoms with Crippen LogP contribution in [0, 0.1) is 5.92 Å². The molecule has 22 heavy (non-hydrogen) atoms. The standard InChI is InChI=1S/C12H16O.C6H13NOS/c1-4-12(13)11-7-5-10(6-8-11)9(2)3;1-5(6(7)8)3-4-9-2/h5-9H,4H2,1-3H3;5H,3-4H2,1-2H3,(H2,7,8). The molecule has 0 saturated heterocycles. The lowest BCUT2D eigenvalue weighted by atomic mass is 10.00. The van der Waals surface area contributed by atoms with E-state index in [2.05, 4.69) is 13.8 Å². The van der Waals surface area contributed by atoms with Crippen LogP contribution in [0.1, 0.15) is 62.4 Å². The Kier molecular flexibility index (Phi) is 10.6. The molecule has 1 amide bonds. The first-order valence-electron chi connectivity index (χ1n) is 7.74. The normalized spacial score (nSPS) is 11.5. The van der Waals surface area contributed by atoms with Crippen LogP contribution in [0.2, 0.25) is 0 Å². The predicted octanol–water partition coefficient (Wildman–Crippen LogP) is 4.26. The first kappa shape index (κ1) is 20.7. The largest absolute Gasteiger partial charge is 0.369 e. The zero-order valence-corrected chi connectivity index (χ0v) is 15.2. The highest BCUT2D eigenvalue weighted by Crippen LogP contribution is 2.15. The van der Waals surface area contributed by atoms with E-state index in [9.17, 15) is 9.59 Å². The fraction of sp³-hybridized carbons (Fsp3) is 0.556. The Morgan fingerprint density at radius 2 is 1.68 bits per heavy atom. The highest BCUT2D eigenvalue weighted by Gasteiger charge is 2.06. The van der Waals surface area contributed by atoms with Crippen molar-refractivity contribution in [2.24, 2.45) is 11.7 Å². The molecule has 1 aromatic rings. The third-order valence-corrected chi connectivity index (χ3v) is 4.11. The van der Waals surface area contributed by atoms with E-state index >= 15 is 0 Å². The third-order valence-electron chi connectivity index (χ3n) is 3.46. The Bertz CT molecular complexity index is 455. The molecule has 4 heteroatoms. The number of primary amides is 1. The summed E-state index contributed by atoms with van der Waals surface area (Å²) in [6.07, 6.45) is 3.51. The molecular weight excluding hydrogens is 294 g/mol. The van der Waals surface area contributed by atoms with E-state index in [-0.39, 0.29) is 17.6 Å². The Balaban J connectivity index is 0.000000433. The summed E-state index contributed by atoms with van der Waals surface area (Å²) in [5, 5.41) is 0. The minimum Gasteiger partial charge on any atom is -0.369 e. The second kappa shape index (κ2) is 11.3. The number of thioether (sulfide) groups is 1. The Hall–Kier alpha value is -1.29. The first-order chi connectivity index (χ1) is 10.3. The zero-order valence-electron chi connectivity index (χ0n) is 14.4. The molecule has 0 aliphatic carbocycles. The van der Waals surface area contributed by atoms with Gasteiger partial charge >= 0.3 is 0 Å². The van der Waals surface area contributed by atoms with Crippen LogP contribution in [0.25, 0.3) is 0 Å². The number of hydrogen-bond donors (Lipinski definition) is 1. The van der Waals surface area contributed by atoms with Gasteiger partial charge in [0.25, 0.3) is 0 Å². The van der Waals surface area contributed by atoms with Gasteiger partial charge in [-0.05, 0) is 29.9 Å². The molecule has 3 nitrogen and oxygen atoms in total. The van der Waals surface area contributed by atoms with E-state index in [1.807, 2.05) is 44.4 Å². The molecule has 124 valence electrons. The average molecular weight is 324 g/mol. The van der Waals surface area contributed by atoms with Crippen molar-refractivity contribution in [2.45, 2.75) is 46.5 Å². The van der Waals surface area contributed by atoms with Crippen LogP contribution in [0.4, 0.5) is 0 Å². The number of rotatable bonds is 7. The second-order valence-electron chi connectivity index (χ2n) is 5.64. The molecule has 0 aliphatic rings. The number of carbonyl (C=O) groups is 2. The van der Waals surface area contributed by atoms with E-state index in [0.29, 0.717) is 12.3 Å². The summed E-state index contributed by atoms with van der Waals surface area (Å²) in [6.45, 7) is 8.05. The molecule has 1 unspecified atom stereocenters. The maximum Gasteiger partial charge on any atom is 0.220 e. The minimum absolute atomic E-state index is 0.0393. The van der Waals surface area contributed by atoms with Crippen LogP contribution in [0.3, 0.4) is 0 Å².